The van der Waals surface area contributed by atoms with Crippen molar-refractivity contribution >= 4 is 11.7 Å². The summed E-state index contributed by atoms with van der Waals surface area (Å²) in [6.07, 6.45) is 2.55. The Labute approximate surface area is 129 Å². The van der Waals surface area contributed by atoms with Gasteiger partial charge in [0.2, 0.25) is 0 Å². The third-order valence-corrected chi connectivity index (χ3v) is 3.79. The summed E-state index contributed by atoms with van der Waals surface area (Å²) in [5.41, 5.74) is 1.81. The van der Waals surface area contributed by atoms with Crippen LogP contribution >= 0.6 is 0 Å². The van der Waals surface area contributed by atoms with Crippen LogP contribution < -0.4 is 15.4 Å². The van der Waals surface area contributed by atoms with Crippen molar-refractivity contribution in [3.8, 4) is 5.75 Å². The Balaban J connectivity index is 1.58. The van der Waals surface area contributed by atoms with Gasteiger partial charge in [-0.25, -0.2) is 4.98 Å². The number of benzene rings is 1. The molecular weight excluding hydrogens is 278 g/mol. The molecule has 1 aromatic heterocycles. The number of carbonyl (C=O) groups excluding carboxylic acids is 1. The van der Waals surface area contributed by atoms with E-state index in [0.29, 0.717) is 30.5 Å². The van der Waals surface area contributed by atoms with E-state index in [1.807, 2.05) is 18.2 Å². The normalized spacial score (nSPS) is 16.3. The highest BCUT2D eigenvalue weighted by atomic mass is 16.5. The number of pyridine rings is 1. The molecule has 5 nitrogen and oxygen atoms in total. The van der Waals surface area contributed by atoms with E-state index in [2.05, 4.69) is 21.7 Å². The lowest BCUT2D eigenvalue weighted by Gasteiger charge is -2.25. The van der Waals surface area contributed by atoms with E-state index < -0.39 is 0 Å². The Morgan fingerprint density at radius 2 is 2.23 bits per heavy atom. The van der Waals surface area contributed by atoms with Crippen molar-refractivity contribution in [2.75, 3.05) is 25.5 Å². The molecule has 0 radical (unpaired) electrons. The van der Waals surface area contributed by atoms with E-state index in [9.17, 15) is 4.79 Å². The third kappa shape index (κ3) is 3.19. The summed E-state index contributed by atoms with van der Waals surface area (Å²) < 4.78 is 5.74. The van der Waals surface area contributed by atoms with E-state index >= 15 is 0 Å². The smallest absolute Gasteiger partial charge is 0.251 e. The fourth-order valence-electron chi connectivity index (χ4n) is 2.57. The first kappa shape index (κ1) is 14.4. The molecule has 2 N–H and O–H groups in total. The van der Waals surface area contributed by atoms with Crippen molar-refractivity contribution in [3.63, 3.8) is 0 Å². The minimum absolute atomic E-state index is 0.0854. The first-order valence-electron chi connectivity index (χ1n) is 7.39. The van der Waals surface area contributed by atoms with Crippen molar-refractivity contribution in [3.05, 3.63) is 53.7 Å². The van der Waals surface area contributed by atoms with Crippen LogP contribution in [0.1, 0.15) is 15.9 Å². The largest absolute Gasteiger partial charge is 0.493 e. The number of nitrogens with zero attached hydrogens (tertiary/aromatic N) is 1. The Morgan fingerprint density at radius 3 is 3.09 bits per heavy atom. The number of para-hydroxylation sites is 1. The highest BCUT2D eigenvalue weighted by Crippen LogP contribution is 2.26. The number of carbonyl (C=O) groups is 1. The van der Waals surface area contributed by atoms with Crippen molar-refractivity contribution < 1.29 is 9.53 Å². The van der Waals surface area contributed by atoms with Gasteiger partial charge in [0.15, 0.2) is 0 Å². The molecule has 1 atom stereocenters. The first-order valence-corrected chi connectivity index (χ1v) is 7.39. The summed E-state index contributed by atoms with van der Waals surface area (Å²) in [5, 5.41) is 5.90. The average Bonchev–Trinajstić information content (AvgIpc) is 2.59. The fourth-order valence-corrected chi connectivity index (χ4v) is 2.57. The molecule has 2 heterocycles. The van der Waals surface area contributed by atoms with Gasteiger partial charge >= 0.3 is 0 Å². The molecule has 1 amide bonds. The van der Waals surface area contributed by atoms with Gasteiger partial charge in [-0.05, 0) is 30.2 Å². The fraction of sp³-hybridized carbons (Fsp3) is 0.294. The molecule has 1 aliphatic heterocycles. The molecule has 0 saturated carbocycles. The molecule has 0 saturated heterocycles. The van der Waals surface area contributed by atoms with Gasteiger partial charge in [-0.15, -0.1) is 0 Å². The number of amides is 1. The van der Waals surface area contributed by atoms with Gasteiger partial charge < -0.3 is 15.4 Å². The lowest BCUT2D eigenvalue weighted by molar-refractivity contribution is 0.0939. The van der Waals surface area contributed by atoms with Gasteiger partial charge in [0.1, 0.15) is 11.6 Å². The number of rotatable bonds is 4. The molecule has 2 aromatic rings. The molecule has 5 heteroatoms. The second-order valence-corrected chi connectivity index (χ2v) is 5.38. The maximum atomic E-state index is 12.2. The standard InChI is InChI=1S/C17H19N3O2/c1-18-16-9-14(6-7-19-16)17(21)20-10-12-8-13-4-2-3-5-15(13)22-11-12/h2-7,9,12H,8,10-11H2,1H3,(H,18,19)(H,20,21)/t12-/m0/s1. The molecule has 0 unspecified atom stereocenters. The zero-order valence-electron chi connectivity index (χ0n) is 12.5. The van der Waals surface area contributed by atoms with Crippen molar-refractivity contribution in [1.29, 1.82) is 0 Å². The molecule has 22 heavy (non-hydrogen) atoms. The van der Waals surface area contributed by atoms with Crippen molar-refractivity contribution in [2.24, 2.45) is 5.92 Å². The first-order chi connectivity index (χ1) is 10.8. The van der Waals surface area contributed by atoms with Crippen LogP contribution in [-0.2, 0) is 6.42 Å². The molecule has 1 aliphatic rings. The quantitative estimate of drug-likeness (QED) is 0.907. The van der Waals surface area contributed by atoms with Gasteiger partial charge in [-0.2, -0.15) is 0 Å². The molecule has 0 fully saturated rings. The SMILES string of the molecule is CNc1cc(C(=O)NC[C@H]2COc3ccccc3C2)ccn1. The van der Waals surface area contributed by atoms with Crippen LogP contribution in [0.25, 0.3) is 0 Å². The minimum atomic E-state index is -0.0854. The minimum Gasteiger partial charge on any atom is -0.493 e. The van der Waals surface area contributed by atoms with Gasteiger partial charge in [0.25, 0.3) is 5.91 Å². The van der Waals surface area contributed by atoms with E-state index in [4.69, 9.17) is 4.74 Å². The Morgan fingerprint density at radius 1 is 1.36 bits per heavy atom. The summed E-state index contributed by atoms with van der Waals surface area (Å²) in [6.45, 7) is 1.24. The maximum absolute atomic E-state index is 12.2. The van der Waals surface area contributed by atoms with E-state index in [-0.39, 0.29) is 5.91 Å². The lowest BCUT2D eigenvalue weighted by atomic mass is 9.96. The summed E-state index contributed by atoms with van der Waals surface area (Å²) in [5.74, 6) is 1.85. The number of fused-ring (bicyclic) bond motifs is 1. The molecular formula is C17H19N3O2. The summed E-state index contributed by atoms with van der Waals surface area (Å²) in [7, 11) is 1.78. The van der Waals surface area contributed by atoms with E-state index in [1.54, 1.807) is 25.4 Å². The summed E-state index contributed by atoms with van der Waals surface area (Å²) in [4.78, 5) is 16.3. The predicted octanol–water partition coefficient (Wildman–Crippen LogP) is 2.10. The molecule has 3 rings (SSSR count). The highest BCUT2D eigenvalue weighted by Gasteiger charge is 2.20. The zero-order chi connectivity index (χ0) is 15.4. The van der Waals surface area contributed by atoms with Crippen LogP contribution in [0.4, 0.5) is 5.82 Å². The molecule has 114 valence electrons. The van der Waals surface area contributed by atoms with Crippen LogP contribution in [0, 0.1) is 5.92 Å². The number of aromatic nitrogens is 1. The van der Waals surface area contributed by atoms with E-state index in [0.717, 1.165) is 12.2 Å². The van der Waals surface area contributed by atoms with Crippen LogP contribution in [0.2, 0.25) is 0 Å². The topological polar surface area (TPSA) is 63.2 Å². The molecule has 1 aromatic carbocycles. The van der Waals surface area contributed by atoms with Crippen molar-refractivity contribution in [2.45, 2.75) is 6.42 Å². The van der Waals surface area contributed by atoms with Crippen LogP contribution in [0.3, 0.4) is 0 Å². The second-order valence-electron chi connectivity index (χ2n) is 5.38. The number of anilines is 1. The average molecular weight is 297 g/mol. The van der Waals surface area contributed by atoms with Gasteiger partial charge in [0, 0.05) is 31.3 Å². The molecule has 0 bridgehead atoms. The van der Waals surface area contributed by atoms with Crippen LogP contribution in [0.15, 0.2) is 42.6 Å². The van der Waals surface area contributed by atoms with Gasteiger partial charge in [-0.3, -0.25) is 4.79 Å². The second kappa shape index (κ2) is 6.47. The highest BCUT2D eigenvalue weighted by molar-refractivity contribution is 5.94. The summed E-state index contributed by atoms with van der Waals surface area (Å²) >= 11 is 0. The summed E-state index contributed by atoms with van der Waals surface area (Å²) in [6, 6.07) is 11.5. The number of ether oxygens (including phenoxy) is 1. The number of hydrogen-bond acceptors (Lipinski definition) is 4. The molecule has 0 spiro atoms. The zero-order valence-corrected chi connectivity index (χ0v) is 12.5. The van der Waals surface area contributed by atoms with E-state index in [1.165, 1.54) is 5.56 Å². The van der Waals surface area contributed by atoms with Gasteiger partial charge in [-0.1, -0.05) is 18.2 Å². The Kier molecular flexibility index (Phi) is 4.23. The third-order valence-electron chi connectivity index (χ3n) is 3.79. The van der Waals surface area contributed by atoms with Crippen LogP contribution in [0.5, 0.6) is 5.75 Å². The number of nitrogens with one attached hydrogen (secondary N) is 2. The maximum Gasteiger partial charge on any atom is 0.251 e. The Hall–Kier alpha value is -2.56. The monoisotopic (exact) mass is 297 g/mol. The number of hydrogen-bond donors (Lipinski definition) is 2. The predicted molar refractivity (Wildman–Crippen MR) is 85.2 cm³/mol. The van der Waals surface area contributed by atoms with Crippen molar-refractivity contribution in [1.82, 2.24) is 10.3 Å². The Bertz CT molecular complexity index is 672. The molecule has 0 aliphatic carbocycles. The van der Waals surface area contributed by atoms with Gasteiger partial charge in [0.05, 0.1) is 6.61 Å². The van der Waals surface area contributed by atoms with Crippen LogP contribution in [-0.4, -0.2) is 31.1 Å². The lowest BCUT2D eigenvalue weighted by Crippen LogP contribution is -2.34.